The van der Waals surface area contributed by atoms with Crippen LogP contribution >= 0.6 is 0 Å². The van der Waals surface area contributed by atoms with Crippen LogP contribution in [0.2, 0.25) is 0 Å². The number of para-hydroxylation sites is 3. The zero-order chi connectivity index (χ0) is 17.2. The lowest BCUT2D eigenvalue weighted by atomic mass is 10.2. The number of nitrogens with zero attached hydrogens (tertiary/aromatic N) is 4. The minimum absolute atomic E-state index is 0.0399. The highest BCUT2D eigenvalue weighted by Gasteiger charge is 2.14. The molecule has 0 fully saturated rings. The van der Waals surface area contributed by atoms with Gasteiger partial charge in [0.1, 0.15) is 5.75 Å². The SMILES string of the molecule is COc1ccccc1-c1nnc2ccc(Oc3ccccc3O)nn12. The lowest BCUT2D eigenvalue weighted by Gasteiger charge is -2.08. The zero-order valence-corrected chi connectivity index (χ0v) is 13.3. The van der Waals surface area contributed by atoms with Gasteiger partial charge in [-0.1, -0.05) is 24.3 Å². The Morgan fingerprint density at radius 2 is 1.64 bits per heavy atom. The topological polar surface area (TPSA) is 81.8 Å². The normalized spacial score (nSPS) is 10.8. The maximum Gasteiger partial charge on any atom is 0.237 e. The maximum absolute atomic E-state index is 9.85. The minimum atomic E-state index is 0.0399. The predicted molar refractivity (Wildman–Crippen MR) is 91.0 cm³/mol. The first-order valence-electron chi connectivity index (χ1n) is 7.58. The molecule has 7 nitrogen and oxygen atoms in total. The molecule has 0 radical (unpaired) electrons. The summed E-state index contributed by atoms with van der Waals surface area (Å²) in [7, 11) is 1.60. The van der Waals surface area contributed by atoms with Gasteiger partial charge in [-0.15, -0.1) is 15.3 Å². The van der Waals surface area contributed by atoms with Gasteiger partial charge in [-0.25, -0.2) is 0 Å². The highest BCUT2D eigenvalue weighted by atomic mass is 16.5. The summed E-state index contributed by atoms with van der Waals surface area (Å²) in [6.45, 7) is 0. The van der Waals surface area contributed by atoms with Crippen LogP contribution in [-0.4, -0.2) is 32.0 Å². The molecule has 0 amide bonds. The average molecular weight is 334 g/mol. The van der Waals surface area contributed by atoms with Crippen LogP contribution in [-0.2, 0) is 0 Å². The van der Waals surface area contributed by atoms with Gasteiger partial charge in [0.15, 0.2) is 23.0 Å². The minimum Gasteiger partial charge on any atom is -0.504 e. The van der Waals surface area contributed by atoms with E-state index in [1.165, 1.54) is 0 Å². The largest absolute Gasteiger partial charge is 0.504 e. The summed E-state index contributed by atoms with van der Waals surface area (Å²) in [5.74, 6) is 1.88. The molecule has 0 aliphatic rings. The molecule has 2 heterocycles. The van der Waals surface area contributed by atoms with Crippen LogP contribution in [0.15, 0.2) is 60.7 Å². The van der Waals surface area contributed by atoms with Gasteiger partial charge in [0.25, 0.3) is 0 Å². The van der Waals surface area contributed by atoms with Crippen molar-refractivity contribution >= 4 is 5.65 Å². The number of aromatic hydroxyl groups is 1. The molecule has 2 aromatic carbocycles. The van der Waals surface area contributed by atoms with Gasteiger partial charge in [0, 0.05) is 6.07 Å². The Kier molecular flexibility index (Phi) is 3.66. The van der Waals surface area contributed by atoms with Crippen LogP contribution in [0.5, 0.6) is 23.1 Å². The molecule has 124 valence electrons. The summed E-state index contributed by atoms with van der Waals surface area (Å²) in [4.78, 5) is 0. The third kappa shape index (κ3) is 2.72. The maximum atomic E-state index is 9.85. The molecule has 0 saturated heterocycles. The van der Waals surface area contributed by atoms with E-state index >= 15 is 0 Å². The first-order valence-corrected chi connectivity index (χ1v) is 7.58. The second-order valence-corrected chi connectivity index (χ2v) is 5.24. The Bertz CT molecular complexity index is 1050. The van der Waals surface area contributed by atoms with Gasteiger partial charge < -0.3 is 14.6 Å². The highest BCUT2D eigenvalue weighted by Crippen LogP contribution is 2.31. The number of phenols is 1. The molecule has 4 aromatic rings. The van der Waals surface area contributed by atoms with Crippen molar-refractivity contribution in [3.63, 3.8) is 0 Å². The van der Waals surface area contributed by atoms with Crippen molar-refractivity contribution in [1.29, 1.82) is 0 Å². The number of benzene rings is 2. The van der Waals surface area contributed by atoms with Crippen molar-refractivity contribution in [2.45, 2.75) is 0 Å². The molecule has 25 heavy (non-hydrogen) atoms. The van der Waals surface area contributed by atoms with Crippen LogP contribution in [0.3, 0.4) is 0 Å². The van der Waals surface area contributed by atoms with Crippen molar-refractivity contribution < 1.29 is 14.6 Å². The molecule has 0 aliphatic carbocycles. The lowest BCUT2D eigenvalue weighted by molar-refractivity contribution is 0.398. The standard InChI is InChI=1S/C18H14N4O3/c1-24-14-8-4-2-6-12(14)18-20-19-16-10-11-17(21-22(16)18)25-15-9-5-3-7-13(15)23/h2-11,23H,1H3. The van der Waals surface area contributed by atoms with Crippen molar-refractivity contribution in [2.75, 3.05) is 7.11 Å². The van der Waals surface area contributed by atoms with Gasteiger partial charge in [-0.3, -0.25) is 0 Å². The molecule has 0 aliphatic heterocycles. The summed E-state index contributed by atoms with van der Waals surface area (Å²) >= 11 is 0. The van der Waals surface area contributed by atoms with Crippen LogP contribution < -0.4 is 9.47 Å². The van der Waals surface area contributed by atoms with E-state index in [1.54, 1.807) is 48.0 Å². The summed E-state index contributed by atoms with van der Waals surface area (Å²) in [6.07, 6.45) is 0. The number of methoxy groups -OCH3 is 1. The van der Waals surface area contributed by atoms with Gasteiger partial charge in [-0.05, 0) is 30.3 Å². The third-order valence-electron chi connectivity index (χ3n) is 3.67. The number of hydrogen-bond acceptors (Lipinski definition) is 6. The number of hydrogen-bond donors (Lipinski definition) is 1. The number of fused-ring (bicyclic) bond motifs is 1. The van der Waals surface area contributed by atoms with E-state index in [4.69, 9.17) is 9.47 Å². The number of rotatable bonds is 4. The van der Waals surface area contributed by atoms with Crippen LogP contribution in [0.1, 0.15) is 0 Å². The van der Waals surface area contributed by atoms with Crippen molar-refractivity contribution in [3.8, 4) is 34.5 Å². The monoisotopic (exact) mass is 334 g/mol. The van der Waals surface area contributed by atoms with E-state index in [-0.39, 0.29) is 5.75 Å². The molecule has 0 unspecified atom stereocenters. The smallest absolute Gasteiger partial charge is 0.237 e. The summed E-state index contributed by atoms with van der Waals surface area (Å²) in [5, 5.41) is 22.6. The van der Waals surface area contributed by atoms with E-state index in [0.717, 1.165) is 5.56 Å². The second-order valence-electron chi connectivity index (χ2n) is 5.24. The van der Waals surface area contributed by atoms with Gasteiger partial charge >= 0.3 is 0 Å². The van der Waals surface area contributed by atoms with Gasteiger partial charge in [0.05, 0.1) is 12.7 Å². The molecule has 2 aromatic heterocycles. The summed E-state index contributed by atoms with van der Waals surface area (Å²) < 4.78 is 12.6. The van der Waals surface area contributed by atoms with Crippen molar-refractivity contribution in [3.05, 3.63) is 60.7 Å². The van der Waals surface area contributed by atoms with Gasteiger partial charge in [0.2, 0.25) is 5.88 Å². The second kappa shape index (κ2) is 6.12. The molecule has 4 rings (SSSR count). The average Bonchev–Trinajstić information content (AvgIpc) is 3.06. The van der Waals surface area contributed by atoms with Gasteiger partial charge in [-0.2, -0.15) is 4.52 Å². The first-order chi connectivity index (χ1) is 12.3. The van der Waals surface area contributed by atoms with Crippen molar-refractivity contribution in [2.24, 2.45) is 0 Å². The Morgan fingerprint density at radius 1 is 0.880 bits per heavy atom. The fourth-order valence-corrected chi connectivity index (χ4v) is 2.48. The molecule has 0 saturated carbocycles. The van der Waals surface area contributed by atoms with Crippen LogP contribution in [0.25, 0.3) is 17.0 Å². The van der Waals surface area contributed by atoms with E-state index in [0.29, 0.717) is 28.9 Å². The zero-order valence-electron chi connectivity index (χ0n) is 13.3. The molecule has 0 spiro atoms. The quantitative estimate of drug-likeness (QED) is 0.617. The van der Waals surface area contributed by atoms with E-state index in [2.05, 4.69) is 15.3 Å². The Hall–Kier alpha value is -3.61. The van der Waals surface area contributed by atoms with Crippen LogP contribution in [0, 0.1) is 0 Å². The number of ether oxygens (including phenoxy) is 2. The lowest BCUT2D eigenvalue weighted by Crippen LogP contribution is -1.99. The summed E-state index contributed by atoms with van der Waals surface area (Å²) in [6, 6.07) is 17.6. The van der Waals surface area contributed by atoms with E-state index in [9.17, 15) is 5.11 Å². The fourth-order valence-electron chi connectivity index (χ4n) is 2.48. The van der Waals surface area contributed by atoms with E-state index in [1.807, 2.05) is 24.3 Å². The molecule has 0 bridgehead atoms. The molecular formula is C18H14N4O3. The third-order valence-corrected chi connectivity index (χ3v) is 3.67. The Labute approximate surface area is 143 Å². The Morgan fingerprint density at radius 3 is 2.44 bits per heavy atom. The Balaban J connectivity index is 1.79. The molecule has 0 atom stereocenters. The predicted octanol–water partition coefficient (Wildman–Crippen LogP) is 3.30. The first kappa shape index (κ1) is 14.9. The molecular weight excluding hydrogens is 320 g/mol. The molecule has 1 N–H and O–H groups in total. The number of phenolic OH excluding ortho intramolecular Hbond substituents is 1. The fraction of sp³-hybridized carbons (Fsp3) is 0.0556. The molecule has 7 heteroatoms. The van der Waals surface area contributed by atoms with Crippen molar-refractivity contribution in [1.82, 2.24) is 19.8 Å². The van der Waals surface area contributed by atoms with E-state index < -0.39 is 0 Å². The number of aromatic nitrogens is 4. The highest BCUT2D eigenvalue weighted by molar-refractivity contribution is 5.66. The van der Waals surface area contributed by atoms with Crippen LogP contribution in [0.4, 0.5) is 0 Å². The summed E-state index contributed by atoms with van der Waals surface area (Å²) in [5.41, 5.74) is 1.34.